The van der Waals surface area contributed by atoms with Crippen LogP contribution in [-0.2, 0) is 4.79 Å². The van der Waals surface area contributed by atoms with Gasteiger partial charge in [0.2, 0.25) is 11.8 Å². The van der Waals surface area contributed by atoms with E-state index in [4.69, 9.17) is 9.72 Å². The predicted octanol–water partition coefficient (Wildman–Crippen LogP) is 4.36. The third-order valence-corrected chi connectivity index (χ3v) is 5.35. The summed E-state index contributed by atoms with van der Waals surface area (Å²) in [5.74, 6) is 0.846. The number of anilines is 1. The first-order valence-corrected chi connectivity index (χ1v) is 9.21. The van der Waals surface area contributed by atoms with Gasteiger partial charge < -0.3 is 14.6 Å². The van der Waals surface area contributed by atoms with Crippen molar-refractivity contribution in [1.82, 2.24) is 14.5 Å². The van der Waals surface area contributed by atoms with Crippen LogP contribution in [0.5, 0.6) is 5.88 Å². The van der Waals surface area contributed by atoms with Crippen LogP contribution in [0, 0.1) is 13.8 Å². The minimum Gasteiger partial charge on any atom is -0.480 e. The molecule has 1 amide bonds. The summed E-state index contributed by atoms with van der Waals surface area (Å²) in [6.45, 7) is 10.1. The zero-order valence-corrected chi connectivity index (χ0v) is 16.5. The van der Waals surface area contributed by atoms with Crippen LogP contribution in [0.4, 0.5) is 5.69 Å². The predicted molar refractivity (Wildman–Crippen MR) is 106 cm³/mol. The van der Waals surface area contributed by atoms with Crippen molar-refractivity contribution in [1.29, 1.82) is 0 Å². The van der Waals surface area contributed by atoms with Crippen molar-refractivity contribution in [3.63, 3.8) is 0 Å². The quantitative estimate of drug-likeness (QED) is 0.750. The van der Waals surface area contributed by atoms with Gasteiger partial charge in [-0.05, 0) is 44.4 Å². The average molecular weight is 364 g/mol. The second kappa shape index (κ2) is 6.08. The SMILES string of the molecule is COc1nc(C(C)C)ccc1-c1nc2c(C)cn3c2c(c1C)NC(=O)C3C. The summed E-state index contributed by atoms with van der Waals surface area (Å²) >= 11 is 0. The van der Waals surface area contributed by atoms with E-state index in [0.717, 1.165) is 44.8 Å². The van der Waals surface area contributed by atoms with E-state index in [1.54, 1.807) is 7.11 Å². The van der Waals surface area contributed by atoms with Gasteiger partial charge in [-0.15, -0.1) is 0 Å². The molecule has 0 radical (unpaired) electrons. The van der Waals surface area contributed by atoms with Gasteiger partial charge in [0.05, 0.1) is 35.1 Å². The summed E-state index contributed by atoms with van der Waals surface area (Å²) in [5, 5.41) is 3.07. The molecule has 3 aromatic rings. The van der Waals surface area contributed by atoms with E-state index in [1.807, 2.05) is 43.7 Å². The molecule has 3 aromatic heterocycles. The second-order valence-electron chi connectivity index (χ2n) is 7.49. The number of aromatic nitrogens is 3. The summed E-state index contributed by atoms with van der Waals surface area (Å²) < 4.78 is 7.59. The first-order valence-electron chi connectivity index (χ1n) is 9.21. The largest absolute Gasteiger partial charge is 0.480 e. The van der Waals surface area contributed by atoms with E-state index in [0.29, 0.717) is 11.8 Å². The van der Waals surface area contributed by atoms with Crippen LogP contribution in [0.2, 0.25) is 0 Å². The molecule has 4 heterocycles. The Morgan fingerprint density at radius 1 is 1.22 bits per heavy atom. The van der Waals surface area contributed by atoms with E-state index >= 15 is 0 Å². The number of aryl methyl sites for hydroxylation is 1. The van der Waals surface area contributed by atoms with Crippen molar-refractivity contribution in [2.45, 2.75) is 46.6 Å². The summed E-state index contributed by atoms with van der Waals surface area (Å²) in [4.78, 5) is 22.1. The molecule has 1 N–H and O–H groups in total. The minimum atomic E-state index is -0.248. The Kier molecular flexibility index (Phi) is 3.94. The smallest absolute Gasteiger partial charge is 0.247 e. The lowest BCUT2D eigenvalue weighted by molar-refractivity contribution is -0.118. The van der Waals surface area contributed by atoms with E-state index < -0.39 is 0 Å². The Labute approximate surface area is 158 Å². The van der Waals surface area contributed by atoms with Gasteiger partial charge in [-0.3, -0.25) is 4.79 Å². The minimum absolute atomic E-state index is 0.0140. The van der Waals surface area contributed by atoms with Crippen LogP contribution in [0.25, 0.3) is 22.3 Å². The zero-order chi connectivity index (χ0) is 19.5. The molecule has 0 aromatic carbocycles. The maximum atomic E-state index is 12.5. The van der Waals surface area contributed by atoms with Crippen LogP contribution >= 0.6 is 0 Å². The molecule has 1 aliphatic rings. The Bertz CT molecular complexity index is 1080. The Morgan fingerprint density at radius 3 is 2.63 bits per heavy atom. The van der Waals surface area contributed by atoms with E-state index in [-0.39, 0.29) is 11.9 Å². The van der Waals surface area contributed by atoms with Gasteiger partial charge in [0.1, 0.15) is 6.04 Å². The molecular formula is C21H24N4O2. The molecular weight excluding hydrogens is 340 g/mol. The van der Waals surface area contributed by atoms with Crippen molar-refractivity contribution in [3.05, 3.63) is 35.2 Å². The average Bonchev–Trinajstić information content (AvgIpc) is 2.98. The highest BCUT2D eigenvalue weighted by Crippen LogP contribution is 2.41. The monoisotopic (exact) mass is 364 g/mol. The van der Waals surface area contributed by atoms with E-state index in [9.17, 15) is 4.79 Å². The molecule has 6 nitrogen and oxygen atoms in total. The van der Waals surface area contributed by atoms with Gasteiger partial charge in [0.15, 0.2) is 0 Å². The number of methoxy groups -OCH3 is 1. The summed E-state index contributed by atoms with van der Waals surface area (Å²) in [6.07, 6.45) is 2.01. The van der Waals surface area contributed by atoms with Gasteiger partial charge in [0.25, 0.3) is 0 Å². The summed E-state index contributed by atoms with van der Waals surface area (Å²) in [6, 6.07) is 3.77. The number of ether oxygens (including phenoxy) is 1. The number of rotatable bonds is 3. The third-order valence-electron chi connectivity index (χ3n) is 5.35. The fourth-order valence-corrected chi connectivity index (χ4v) is 3.71. The van der Waals surface area contributed by atoms with Gasteiger partial charge in [-0.1, -0.05) is 13.8 Å². The Morgan fingerprint density at radius 2 is 1.96 bits per heavy atom. The fraction of sp³-hybridized carbons (Fsp3) is 0.381. The van der Waals surface area contributed by atoms with Gasteiger partial charge in [-0.25, -0.2) is 9.97 Å². The molecule has 1 atom stereocenters. The van der Waals surface area contributed by atoms with Crippen LogP contribution in [0.1, 0.15) is 49.6 Å². The number of carbonyl (C=O) groups excluding carboxylic acids is 1. The molecule has 0 bridgehead atoms. The summed E-state index contributed by atoms with van der Waals surface area (Å²) in [7, 11) is 1.62. The topological polar surface area (TPSA) is 69.0 Å². The van der Waals surface area contributed by atoms with Gasteiger partial charge in [0, 0.05) is 17.5 Å². The first-order chi connectivity index (χ1) is 12.8. The number of hydrogen-bond acceptors (Lipinski definition) is 4. The van der Waals surface area contributed by atoms with Crippen molar-refractivity contribution in [3.8, 4) is 17.1 Å². The maximum Gasteiger partial charge on any atom is 0.247 e. The molecule has 140 valence electrons. The molecule has 0 saturated carbocycles. The zero-order valence-electron chi connectivity index (χ0n) is 16.5. The maximum absolute atomic E-state index is 12.5. The van der Waals surface area contributed by atoms with Crippen molar-refractivity contribution in [2.75, 3.05) is 12.4 Å². The number of carbonyl (C=O) groups is 1. The number of pyridine rings is 2. The highest BCUT2D eigenvalue weighted by atomic mass is 16.5. The summed E-state index contributed by atoms with van der Waals surface area (Å²) in [5.41, 5.74) is 7.24. The van der Waals surface area contributed by atoms with Crippen LogP contribution < -0.4 is 10.1 Å². The van der Waals surface area contributed by atoms with Gasteiger partial charge in [-0.2, -0.15) is 0 Å². The molecule has 27 heavy (non-hydrogen) atoms. The number of hydrogen-bond donors (Lipinski definition) is 1. The van der Waals surface area contributed by atoms with E-state index in [1.165, 1.54) is 0 Å². The highest BCUT2D eigenvalue weighted by Gasteiger charge is 2.29. The first kappa shape index (κ1) is 17.5. The molecule has 0 spiro atoms. The number of nitrogens with zero attached hydrogens (tertiary/aromatic N) is 3. The lowest BCUT2D eigenvalue weighted by Gasteiger charge is -2.25. The van der Waals surface area contributed by atoms with Crippen molar-refractivity contribution < 1.29 is 9.53 Å². The number of amides is 1. The second-order valence-corrected chi connectivity index (χ2v) is 7.49. The molecule has 1 aliphatic heterocycles. The van der Waals surface area contributed by atoms with Crippen molar-refractivity contribution in [2.24, 2.45) is 0 Å². The lowest BCUT2D eigenvalue weighted by atomic mass is 10.0. The molecule has 1 unspecified atom stereocenters. The molecule has 4 rings (SSSR count). The third kappa shape index (κ3) is 2.51. The standard InChI is InChI=1S/C21H24N4O2/c1-10(2)15-8-7-14(21(22-15)27-6)17-12(4)18-19-16(23-17)11(3)9-25(19)13(5)20(26)24-18/h7-10,13H,1-6H3,(H,24,26). The normalized spacial score (nSPS) is 16.1. The Hall–Kier alpha value is -2.89. The Balaban J connectivity index is 2.02. The molecule has 0 saturated heterocycles. The van der Waals surface area contributed by atoms with E-state index in [2.05, 4.69) is 24.1 Å². The number of nitrogens with one attached hydrogen (secondary N) is 1. The van der Waals surface area contributed by atoms with Crippen LogP contribution in [-0.4, -0.2) is 27.6 Å². The molecule has 6 heteroatoms. The lowest BCUT2D eigenvalue weighted by Crippen LogP contribution is -2.28. The molecule has 0 fully saturated rings. The van der Waals surface area contributed by atoms with Crippen molar-refractivity contribution >= 4 is 22.6 Å². The van der Waals surface area contributed by atoms with Crippen LogP contribution in [0.3, 0.4) is 0 Å². The highest BCUT2D eigenvalue weighted by molar-refractivity contribution is 6.08. The van der Waals surface area contributed by atoms with Crippen LogP contribution in [0.15, 0.2) is 18.3 Å². The van der Waals surface area contributed by atoms with Gasteiger partial charge >= 0.3 is 0 Å². The molecule has 0 aliphatic carbocycles. The fourth-order valence-electron chi connectivity index (χ4n) is 3.71.